The number of hydrogen-bond donors (Lipinski definition) is 1. The molecule has 0 spiro atoms. The second-order valence-electron chi connectivity index (χ2n) is 5.69. The zero-order valence-corrected chi connectivity index (χ0v) is 13.1. The normalized spacial score (nSPS) is 11.9. The number of anilines is 1. The molecule has 0 aliphatic rings. The first-order valence-corrected chi connectivity index (χ1v) is 7.76. The van der Waals surface area contributed by atoms with E-state index < -0.39 is 0 Å². The number of nitrogens with zero attached hydrogens (tertiary/aromatic N) is 1. The highest BCUT2D eigenvalue weighted by atomic mass is 16.2. The van der Waals surface area contributed by atoms with Crippen molar-refractivity contribution in [1.82, 2.24) is 4.57 Å². The van der Waals surface area contributed by atoms with Gasteiger partial charge in [0.2, 0.25) is 5.91 Å². The molecule has 1 amide bonds. The van der Waals surface area contributed by atoms with Crippen LogP contribution in [0.15, 0.2) is 79.1 Å². The summed E-state index contributed by atoms with van der Waals surface area (Å²) in [6.45, 7) is 2.02. The Morgan fingerprint density at radius 3 is 2.43 bits per heavy atom. The molecule has 0 saturated carbocycles. The molecule has 116 valence electrons. The average Bonchev–Trinajstić information content (AvgIpc) is 3.07. The molecule has 23 heavy (non-hydrogen) atoms. The Hall–Kier alpha value is -2.81. The number of amides is 1. The minimum Gasteiger partial charge on any atom is -0.342 e. The van der Waals surface area contributed by atoms with Gasteiger partial charge in [-0.05, 0) is 42.3 Å². The van der Waals surface area contributed by atoms with Crippen molar-refractivity contribution in [2.75, 3.05) is 5.32 Å². The van der Waals surface area contributed by atoms with Gasteiger partial charge >= 0.3 is 0 Å². The third-order valence-corrected chi connectivity index (χ3v) is 3.85. The monoisotopic (exact) mass is 304 g/mol. The first kappa shape index (κ1) is 15.1. The quantitative estimate of drug-likeness (QED) is 0.752. The van der Waals surface area contributed by atoms with Gasteiger partial charge in [0.1, 0.15) is 6.04 Å². The summed E-state index contributed by atoms with van der Waals surface area (Å²) in [5.74, 6) is -0.00402. The Labute approximate surface area is 136 Å². The second kappa shape index (κ2) is 6.97. The molecule has 0 fully saturated rings. The van der Waals surface area contributed by atoms with Crippen molar-refractivity contribution in [2.45, 2.75) is 19.4 Å². The maximum Gasteiger partial charge on any atom is 0.247 e. The van der Waals surface area contributed by atoms with Gasteiger partial charge in [-0.2, -0.15) is 0 Å². The summed E-state index contributed by atoms with van der Waals surface area (Å²) < 4.78 is 1.96. The summed E-state index contributed by atoms with van der Waals surface area (Å²) in [5, 5.41) is 3.03. The van der Waals surface area contributed by atoms with Crippen molar-refractivity contribution < 1.29 is 4.79 Å². The van der Waals surface area contributed by atoms with E-state index in [1.165, 1.54) is 0 Å². The van der Waals surface area contributed by atoms with Crippen molar-refractivity contribution in [1.29, 1.82) is 0 Å². The zero-order valence-electron chi connectivity index (χ0n) is 13.1. The number of nitrogens with one attached hydrogen (secondary N) is 1. The van der Waals surface area contributed by atoms with Gasteiger partial charge in [-0.15, -0.1) is 0 Å². The third-order valence-electron chi connectivity index (χ3n) is 3.85. The lowest BCUT2D eigenvalue weighted by atomic mass is 10.0. The van der Waals surface area contributed by atoms with Crippen LogP contribution in [0.1, 0.15) is 17.2 Å². The molecule has 1 heterocycles. The summed E-state index contributed by atoms with van der Waals surface area (Å²) in [7, 11) is 0. The molecule has 3 aromatic rings. The molecule has 0 unspecified atom stereocenters. The van der Waals surface area contributed by atoms with Crippen LogP contribution < -0.4 is 5.32 Å². The Bertz CT molecular complexity index is 763. The molecule has 0 saturated heterocycles. The minimum absolute atomic E-state index is 0.00402. The van der Waals surface area contributed by atoms with Crippen LogP contribution in [0.5, 0.6) is 0 Å². The van der Waals surface area contributed by atoms with Crippen molar-refractivity contribution >= 4 is 11.6 Å². The molecular weight excluding hydrogens is 284 g/mol. The Balaban J connectivity index is 1.82. The molecule has 0 bridgehead atoms. The summed E-state index contributed by atoms with van der Waals surface area (Å²) in [4.78, 5) is 12.8. The van der Waals surface area contributed by atoms with E-state index in [2.05, 4.69) is 17.4 Å². The maximum absolute atomic E-state index is 12.8. The van der Waals surface area contributed by atoms with E-state index in [9.17, 15) is 4.79 Å². The molecule has 3 rings (SSSR count). The second-order valence-corrected chi connectivity index (χ2v) is 5.69. The number of aromatic nitrogens is 1. The van der Waals surface area contributed by atoms with Crippen molar-refractivity contribution in [3.8, 4) is 0 Å². The van der Waals surface area contributed by atoms with Gasteiger partial charge in [-0.1, -0.05) is 42.5 Å². The largest absolute Gasteiger partial charge is 0.342 e. The molecule has 0 aliphatic heterocycles. The van der Waals surface area contributed by atoms with E-state index in [4.69, 9.17) is 0 Å². The van der Waals surface area contributed by atoms with E-state index in [0.29, 0.717) is 6.42 Å². The van der Waals surface area contributed by atoms with Gasteiger partial charge < -0.3 is 9.88 Å². The van der Waals surface area contributed by atoms with E-state index in [1.807, 2.05) is 78.5 Å². The topological polar surface area (TPSA) is 34.0 Å². The number of aryl methyl sites for hydroxylation is 1. The van der Waals surface area contributed by atoms with Crippen LogP contribution in [-0.2, 0) is 11.2 Å². The fourth-order valence-electron chi connectivity index (χ4n) is 2.67. The van der Waals surface area contributed by atoms with Crippen LogP contribution in [0.3, 0.4) is 0 Å². The first-order valence-electron chi connectivity index (χ1n) is 7.76. The third kappa shape index (κ3) is 3.89. The molecule has 1 N–H and O–H groups in total. The fraction of sp³-hybridized carbons (Fsp3) is 0.150. The Morgan fingerprint density at radius 1 is 1.00 bits per heavy atom. The van der Waals surface area contributed by atoms with E-state index in [-0.39, 0.29) is 11.9 Å². The number of rotatable bonds is 5. The van der Waals surface area contributed by atoms with Crippen molar-refractivity contribution in [3.05, 3.63) is 90.3 Å². The predicted octanol–water partition coefficient (Wildman–Crippen LogP) is 4.22. The molecule has 1 atom stereocenters. The summed E-state index contributed by atoms with van der Waals surface area (Å²) in [6.07, 6.45) is 4.53. The fourth-order valence-corrected chi connectivity index (χ4v) is 2.67. The van der Waals surface area contributed by atoms with Crippen LogP contribution >= 0.6 is 0 Å². The van der Waals surface area contributed by atoms with Crippen LogP contribution in [0.4, 0.5) is 5.69 Å². The lowest BCUT2D eigenvalue weighted by molar-refractivity contribution is -0.119. The number of carbonyl (C=O) groups is 1. The SMILES string of the molecule is Cc1cccc(NC(=O)[C@@H](Cc2ccccc2)n2cccc2)c1. The van der Waals surface area contributed by atoms with E-state index in [1.54, 1.807) is 0 Å². The molecule has 2 aromatic carbocycles. The highest BCUT2D eigenvalue weighted by Crippen LogP contribution is 2.18. The summed E-state index contributed by atoms with van der Waals surface area (Å²) >= 11 is 0. The van der Waals surface area contributed by atoms with Gasteiger partial charge in [-0.25, -0.2) is 0 Å². The highest BCUT2D eigenvalue weighted by molar-refractivity contribution is 5.94. The minimum atomic E-state index is -0.270. The Morgan fingerprint density at radius 2 is 1.74 bits per heavy atom. The number of carbonyl (C=O) groups excluding carboxylic acids is 1. The van der Waals surface area contributed by atoms with Gasteiger partial charge in [0, 0.05) is 24.5 Å². The highest BCUT2D eigenvalue weighted by Gasteiger charge is 2.20. The summed E-state index contributed by atoms with van der Waals surface area (Å²) in [5.41, 5.74) is 3.11. The van der Waals surface area contributed by atoms with Gasteiger partial charge in [0.25, 0.3) is 0 Å². The van der Waals surface area contributed by atoms with Crippen LogP contribution in [0, 0.1) is 6.92 Å². The maximum atomic E-state index is 12.8. The number of hydrogen-bond acceptors (Lipinski definition) is 1. The van der Waals surface area contributed by atoms with Gasteiger partial charge in [0.05, 0.1) is 0 Å². The molecular formula is C20H20N2O. The van der Waals surface area contributed by atoms with Crippen molar-refractivity contribution in [3.63, 3.8) is 0 Å². The average molecular weight is 304 g/mol. The smallest absolute Gasteiger partial charge is 0.247 e. The van der Waals surface area contributed by atoms with Crippen LogP contribution in [-0.4, -0.2) is 10.5 Å². The number of benzene rings is 2. The van der Waals surface area contributed by atoms with E-state index in [0.717, 1.165) is 16.8 Å². The lowest BCUT2D eigenvalue weighted by Gasteiger charge is -2.19. The molecule has 3 nitrogen and oxygen atoms in total. The Kier molecular flexibility index (Phi) is 4.57. The van der Waals surface area contributed by atoms with E-state index >= 15 is 0 Å². The molecule has 3 heteroatoms. The van der Waals surface area contributed by atoms with Gasteiger partial charge in [-0.3, -0.25) is 4.79 Å². The lowest BCUT2D eigenvalue weighted by Crippen LogP contribution is -2.27. The standard InChI is InChI=1S/C20H20N2O/c1-16-8-7-11-18(14-16)21-20(23)19(22-12-5-6-13-22)15-17-9-3-2-4-10-17/h2-14,19H,15H2,1H3,(H,21,23)/t19-/m1/s1. The molecule has 0 radical (unpaired) electrons. The van der Waals surface area contributed by atoms with Crippen LogP contribution in [0.2, 0.25) is 0 Å². The zero-order chi connectivity index (χ0) is 16.1. The molecule has 1 aromatic heterocycles. The predicted molar refractivity (Wildman–Crippen MR) is 93.4 cm³/mol. The van der Waals surface area contributed by atoms with Crippen LogP contribution in [0.25, 0.3) is 0 Å². The first-order chi connectivity index (χ1) is 11.2. The molecule has 0 aliphatic carbocycles. The van der Waals surface area contributed by atoms with Crippen molar-refractivity contribution in [2.24, 2.45) is 0 Å². The van der Waals surface area contributed by atoms with Gasteiger partial charge in [0.15, 0.2) is 0 Å². The summed E-state index contributed by atoms with van der Waals surface area (Å²) in [6, 6.07) is 21.6.